The summed E-state index contributed by atoms with van der Waals surface area (Å²) in [7, 11) is 0. The molecule has 0 N–H and O–H groups in total. The van der Waals surface area contributed by atoms with Crippen molar-refractivity contribution in [3.8, 4) is 0 Å². The van der Waals surface area contributed by atoms with E-state index in [0.29, 0.717) is 0 Å². The van der Waals surface area contributed by atoms with Crippen LogP contribution in [-0.4, -0.2) is 17.4 Å². The summed E-state index contributed by atoms with van der Waals surface area (Å²) >= 11 is 0. The fourth-order valence-electron chi connectivity index (χ4n) is 1.92. The topological polar surface area (TPSA) is 37.6 Å². The first kappa shape index (κ1) is 27.4. The fraction of sp³-hybridized carbons (Fsp3) is 0. The molecule has 26 heavy (non-hydrogen) atoms. The van der Waals surface area contributed by atoms with Crippen molar-refractivity contribution in [3.63, 3.8) is 0 Å². The van der Waals surface area contributed by atoms with Crippen LogP contribution in [0.4, 0.5) is 11.4 Å². The minimum absolute atomic E-state index is 0. The minimum atomic E-state index is 0. The molecule has 0 aliphatic carbocycles. The molecule has 0 spiro atoms. The Hall–Kier alpha value is -0.849. The summed E-state index contributed by atoms with van der Waals surface area (Å²) < 4.78 is 0. The summed E-state index contributed by atoms with van der Waals surface area (Å²) in [6, 6.07) is 25.4. The number of rotatable bonds is 4. The van der Waals surface area contributed by atoms with Gasteiger partial charge < -0.3 is 37.2 Å². The number of nitrogens with zero attached hydrogens (tertiary/aromatic N) is 3. The zero-order chi connectivity index (χ0) is 15.0. The van der Waals surface area contributed by atoms with Crippen LogP contribution in [0.3, 0.4) is 0 Å². The number of para-hydroxylation sites is 2. The normalized spacial score (nSPS) is 9.54. The predicted molar refractivity (Wildman–Crippen MR) is 91.6 cm³/mol. The van der Waals surface area contributed by atoms with Crippen LogP contribution >= 0.6 is 0 Å². The second-order valence-electron chi connectivity index (χ2n) is 4.67. The maximum absolute atomic E-state index is 4.50. The molecule has 0 fully saturated rings. The smallest absolute Gasteiger partial charge is 1.00 e. The van der Waals surface area contributed by atoms with Crippen LogP contribution < -0.4 is 37.2 Å². The van der Waals surface area contributed by atoms with Gasteiger partial charge in [0.25, 0.3) is 0 Å². The van der Waals surface area contributed by atoms with E-state index in [4.69, 9.17) is 0 Å². The Morgan fingerprint density at radius 3 is 1.31 bits per heavy atom. The number of hydrogen-bond donors (Lipinski definition) is 0. The molecule has 1 radical (unpaired) electrons. The van der Waals surface area contributed by atoms with E-state index in [1.807, 2.05) is 78.9 Å². The van der Waals surface area contributed by atoms with Gasteiger partial charge in [-0.2, -0.15) is 0 Å². The number of hydrogen-bond acceptors (Lipinski definition) is 3. The molecule has 0 saturated carbocycles. The van der Waals surface area contributed by atoms with Crippen molar-refractivity contribution >= 4 is 23.8 Å². The molecule has 0 saturated heterocycles. The predicted octanol–water partition coefficient (Wildman–Crippen LogP) is -4.41. The van der Waals surface area contributed by atoms with E-state index in [2.05, 4.69) is 15.0 Å². The zero-order valence-corrected chi connectivity index (χ0v) is 19.1. The van der Waals surface area contributed by atoms with Crippen molar-refractivity contribution in [2.75, 3.05) is 0 Å². The Bertz CT molecular complexity index is 733. The Morgan fingerprint density at radius 2 is 0.923 bits per heavy atom. The van der Waals surface area contributed by atoms with Gasteiger partial charge in [0, 0.05) is 0 Å². The number of pyridine rings is 1. The van der Waals surface area contributed by atoms with Gasteiger partial charge >= 0.3 is 40.8 Å². The molecular formula is C19H15Cl3N3Nd. The Morgan fingerprint density at radius 1 is 0.538 bits per heavy atom. The van der Waals surface area contributed by atoms with Gasteiger partial charge in [0.2, 0.25) is 0 Å². The third kappa shape index (κ3) is 9.19. The maximum Gasteiger partial charge on any atom is 3.00 e. The molecule has 131 valence electrons. The van der Waals surface area contributed by atoms with Crippen molar-refractivity contribution < 1.29 is 78.1 Å². The number of halogens is 3. The molecule has 0 aliphatic heterocycles. The van der Waals surface area contributed by atoms with Crippen molar-refractivity contribution in [3.05, 3.63) is 90.3 Å². The summed E-state index contributed by atoms with van der Waals surface area (Å²) in [5.74, 6) is 0. The van der Waals surface area contributed by atoms with E-state index in [-0.39, 0.29) is 78.1 Å². The third-order valence-corrected chi connectivity index (χ3v) is 3.00. The molecule has 0 aliphatic rings. The van der Waals surface area contributed by atoms with Crippen LogP contribution in [-0.2, 0) is 0 Å². The number of benzene rings is 2. The van der Waals surface area contributed by atoms with Crippen LogP contribution in [0.1, 0.15) is 11.4 Å². The summed E-state index contributed by atoms with van der Waals surface area (Å²) in [4.78, 5) is 13.3. The molecule has 3 aromatic rings. The summed E-state index contributed by atoms with van der Waals surface area (Å²) in [6.45, 7) is 0. The van der Waals surface area contributed by atoms with Crippen LogP contribution in [0.25, 0.3) is 0 Å². The van der Waals surface area contributed by atoms with Gasteiger partial charge in [-0.1, -0.05) is 42.5 Å². The van der Waals surface area contributed by atoms with Crippen molar-refractivity contribution in [2.24, 2.45) is 9.98 Å². The molecule has 1 heterocycles. The SMILES string of the molecule is C(=Nc1ccccc1)c1cccc(C=Nc2ccccc2)n1.[Cl-].[Cl-].[Cl-].[Nd+3]. The average molecular weight is 536 g/mol. The summed E-state index contributed by atoms with van der Waals surface area (Å²) in [6.07, 6.45) is 3.52. The molecular weight excluding hydrogens is 521 g/mol. The van der Waals surface area contributed by atoms with Crippen molar-refractivity contribution in [1.82, 2.24) is 4.98 Å². The van der Waals surface area contributed by atoms with Crippen molar-refractivity contribution in [1.29, 1.82) is 0 Å². The first-order chi connectivity index (χ1) is 10.9. The van der Waals surface area contributed by atoms with Gasteiger partial charge in [-0.25, -0.2) is 4.98 Å². The molecule has 2 aromatic carbocycles. The molecule has 1 aromatic heterocycles. The van der Waals surface area contributed by atoms with Gasteiger partial charge in [-0.3, -0.25) is 9.98 Å². The van der Waals surface area contributed by atoms with E-state index >= 15 is 0 Å². The van der Waals surface area contributed by atoms with Gasteiger partial charge in [-0.15, -0.1) is 0 Å². The summed E-state index contributed by atoms with van der Waals surface area (Å²) in [5, 5.41) is 0. The number of aliphatic imine (C=N–C) groups is 2. The average Bonchev–Trinajstić information content (AvgIpc) is 2.60. The first-order valence-electron chi connectivity index (χ1n) is 7.05. The standard InChI is InChI=1S/C19H15N3.3ClH.Nd/c1-3-8-16(9-4-1)20-14-18-12-7-13-19(22-18)15-21-17-10-5-2-6-11-17;;;;/h1-15H;3*1H;/q;;;;+3/p-3. The van der Waals surface area contributed by atoms with E-state index in [1.54, 1.807) is 12.4 Å². The molecule has 0 atom stereocenters. The Balaban J connectivity index is 0. The molecule has 3 nitrogen and oxygen atoms in total. The molecule has 0 unspecified atom stereocenters. The first-order valence-corrected chi connectivity index (χ1v) is 7.05. The molecule has 7 heteroatoms. The van der Waals surface area contributed by atoms with Gasteiger partial charge in [-0.05, 0) is 36.4 Å². The maximum atomic E-state index is 4.50. The van der Waals surface area contributed by atoms with Crippen LogP contribution in [0, 0.1) is 40.8 Å². The van der Waals surface area contributed by atoms with Crippen LogP contribution in [0.5, 0.6) is 0 Å². The van der Waals surface area contributed by atoms with E-state index in [1.165, 1.54) is 0 Å². The van der Waals surface area contributed by atoms with Gasteiger partial charge in [0.1, 0.15) is 0 Å². The van der Waals surface area contributed by atoms with E-state index in [0.717, 1.165) is 22.8 Å². The third-order valence-electron chi connectivity index (χ3n) is 3.00. The van der Waals surface area contributed by atoms with E-state index < -0.39 is 0 Å². The molecule has 3 rings (SSSR count). The van der Waals surface area contributed by atoms with Gasteiger partial charge in [0.05, 0.1) is 35.2 Å². The molecule has 0 amide bonds. The monoisotopic (exact) mass is 532 g/mol. The van der Waals surface area contributed by atoms with Crippen LogP contribution in [0.2, 0.25) is 0 Å². The molecule has 0 bridgehead atoms. The van der Waals surface area contributed by atoms with Gasteiger partial charge in [0.15, 0.2) is 0 Å². The van der Waals surface area contributed by atoms with E-state index in [9.17, 15) is 0 Å². The number of aromatic nitrogens is 1. The minimum Gasteiger partial charge on any atom is -1.00 e. The summed E-state index contributed by atoms with van der Waals surface area (Å²) in [5.41, 5.74) is 3.43. The van der Waals surface area contributed by atoms with Crippen molar-refractivity contribution in [2.45, 2.75) is 0 Å². The second kappa shape index (κ2) is 15.2. The second-order valence-corrected chi connectivity index (χ2v) is 4.67. The quantitative estimate of drug-likeness (QED) is 0.311. The largest absolute Gasteiger partial charge is 3.00 e. The Kier molecular flexibility index (Phi) is 16.0. The zero-order valence-electron chi connectivity index (χ0n) is 13.6. The Labute approximate surface area is 205 Å². The fourth-order valence-corrected chi connectivity index (χ4v) is 1.92. The van der Waals surface area contributed by atoms with Crippen LogP contribution in [0.15, 0.2) is 88.8 Å².